The van der Waals surface area contributed by atoms with Gasteiger partial charge in [-0.3, -0.25) is 0 Å². The van der Waals surface area contributed by atoms with E-state index in [2.05, 4.69) is 43.3 Å². The molecule has 2 aromatic rings. The summed E-state index contributed by atoms with van der Waals surface area (Å²) >= 11 is 6.35. The molecule has 2 aromatic heterocycles. The zero-order valence-corrected chi connectivity index (χ0v) is 14.6. The van der Waals surface area contributed by atoms with Crippen LogP contribution in [0.5, 0.6) is 0 Å². The zero-order valence-electron chi connectivity index (χ0n) is 13.9. The van der Waals surface area contributed by atoms with Crippen molar-refractivity contribution in [3.05, 3.63) is 23.7 Å². The molecule has 0 radical (unpaired) electrons. The number of aryl methyl sites for hydroxylation is 1. The van der Waals surface area contributed by atoms with Gasteiger partial charge in [-0.15, -0.1) is 11.6 Å². The minimum atomic E-state index is -0.112. The molecule has 0 amide bonds. The normalized spacial score (nSPS) is 13.8. The van der Waals surface area contributed by atoms with Gasteiger partial charge in [0.25, 0.3) is 0 Å². The lowest BCUT2D eigenvalue weighted by Crippen LogP contribution is -2.23. The summed E-state index contributed by atoms with van der Waals surface area (Å²) in [6, 6.07) is 2.08. The number of pyridine rings is 1. The largest absolute Gasteiger partial charge is 0.311 e. The van der Waals surface area contributed by atoms with E-state index in [0.717, 1.165) is 29.1 Å². The van der Waals surface area contributed by atoms with Gasteiger partial charge in [0.15, 0.2) is 5.65 Å². The average Bonchev–Trinajstić information content (AvgIpc) is 2.72. The molecular formula is C17H26ClN3. The topological polar surface area (TPSA) is 30.7 Å². The zero-order chi connectivity index (χ0) is 15.7. The van der Waals surface area contributed by atoms with E-state index in [1.807, 2.05) is 20.0 Å². The van der Waals surface area contributed by atoms with Gasteiger partial charge in [-0.05, 0) is 43.2 Å². The number of aromatic nitrogens is 3. The Morgan fingerprint density at radius 1 is 1.14 bits per heavy atom. The van der Waals surface area contributed by atoms with Crippen LogP contribution in [0.2, 0.25) is 0 Å². The number of fused-ring (bicyclic) bond motifs is 1. The molecule has 0 aromatic carbocycles. The number of alkyl halides is 1. The number of halogens is 1. The highest BCUT2D eigenvalue weighted by atomic mass is 35.5. The van der Waals surface area contributed by atoms with Gasteiger partial charge in [0.1, 0.15) is 11.3 Å². The van der Waals surface area contributed by atoms with E-state index >= 15 is 0 Å². The van der Waals surface area contributed by atoms with Crippen molar-refractivity contribution in [2.24, 2.45) is 17.8 Å². The Labute approximate surface area is 132 Å². The van der Waals surface area contributed by atoms with Gasteiger partial charge in [-0.1, -0.05) is 27.7 Å². The fourth-order valence-electron chi connectivity index (χ4n) is 3.02. The molecule has 21 heavy (non-hydrogen) atoms. The highest BCUT2D eigenvalue weighted by Gasteiger charge is 2.23. The second-order valence-corrected chi connectivity index (χ2v) is 7.36. The van der Waals surface area contributed by atoms with Gasteiger partial charge < -0.3 is 4.57 Å². The third kappa shape index (κ3) is 3.39. The Kier molecular flexibility index (Phi) is 4.92. The predicted molar refractivity (Wildman–Crippen MR) is 89.7 cm³/mol. The van der Waals surface area contributed by atoms with E-state index in [1.54, 1.807) is 0 Å². The Balaban J connectivity index is 2.52. The van der Waals surface area contributed by atoms with Crippen LogP contribution in [0.25, 0.3) is 11.2 Å². The van der Waals surface area contributed by atoms with E-state index in [9.17, 15) is 0 Å². The van der Waals surface area contributed by atoms with E-state index < -0.39 is 0 Å². The summed E-state index contributed by atoms with van der Waals surface area (Å²) in [5.74, 6) is 2.74. The third-order valence-corrected chi connectivity index (χ3v) is 4.41. The lowest BCUT2D eigenvalue weighted by Gasteiger charge is -2.26. The van der Waals surface area contributed by atoms with Crippen LogP contribution in [-0.4, -0.2) is 14.5 Å². The highest BCUT2D eigenvalue weighted by molar-refractivity contribution is 6.20. The molecule has 4 heteroatoms. The summed E-state index contributed by atoms with van der Waals surface area (Å²) in [4.78, 5) is 9.31. The maximum absolute atomic E-state index is 6.35. The highest BCUT2D eigenvalue weighted by Crippen LogP contribution is 2.29. The molecule has 0 aliphatic heterocycles. The Morgan fingerprint density at radius 3 is 2.29 bits per heavy atom. The number of hydrogen-bond acceptors (Lipinski definition) is 2. The fraction of sp³-hybridized carbons (Fsp3) is 0.647. The number of rotatable bonds is 5. The van der Waals surface area contributed by atoms with Crippen molar-refractivity contribution in [3.63, 3.8) is 0 Å². The molecule has 0 N–H and O–H groups in total. The molecular weight excluding hydrogens is 282 g/mol. The van der Waals surface area contributed by atoms with Crippen LogP contribution >= 0.6 is 11.6 Å². The summed E-state index contributed by atoms with van der Waals surface area (Å²) < 4.78 is 2.22. The van der Waals surface area contributed by atoms with E-state index in [-0.39, 0.29) is 5.38 Å². The first-order valence-corrected chi connectivity index (χ1v) is 8.21. The first-order valence-electron chi connectivity index (χ1n) is 7.78. The molecule has 0 aliphatic carbocycles. The average molecular weight is 308 g/mol. The van der Waals surface area contributed by atoms with Crippen molar-refractivity contribution in [2.75, 3.05) is 0 Å². The minimum Gasteiger partial charge on any atom is -0.311 e. The quantitative estimate of drug-likeness (QED) is 0.730. The molecule has 2 heterocycles. The maximum Gasteiger partial charge on any atom is 0.160 e. The molecule has 0 aliphatic rings. The molecule has 3 nitrogen and oxygen atoms in total. The standard InChI is InChI=1S/C17H26ClN3/c1-10(2)14(11(3)4)9-21-16(13(6)18)20-15-7-12(5)8-19-17(15)21/h7-8,10-11,13-14H,9H2,1-6H3. The van der Waals surface area contributed by atoms with Crippen molar-refractivity contribution in [1.29, 1.82) is 0 Å². The molecule has 1 unspecified atom stereocenters. The van der Waals surface area contributed by atoms with E-state index in [0.29, 0.717) is 17.8 Å². The van der Waals surface area contributed by atoms with Gasteiger partial charge in [0.05, 0.1) is 5.38 Å². The van der Waals surface area contributed by atoms with Gasteiger partial charge in [0.2, 0.25) is 0 Å². The smallest absolute Gasteiger partial charge is 0.160 e. The summed E-state index contributed by atoms with van der Waals surface area (Å²) in [6.07, 6.45) is 1.91. The predicted octanol–water partition coefficient (Wildman–Crippen LogP) is 4.97. The molecule has 0 fully saturated rings. The van der Waals surface area contributed by atoms with Gasteiger partial charge in [-0.25, -0.2) is 9.97 Å². The molecule has 0 spiro atoms. The van der Waals surface area contributed by atoms with Crippen molar-refractivity contribution < 1.29 is 0 Å². The molecule has 0 bridgehead atoms. The summed E-state index contributed by atoms with van der Waals surface area (Å²) in [6.45, 7) is 14.1. The molecule has 1 atom stereocenters. The van der Waals surface area contributed by atoms with Crippen LogP contribution in [0.15, 0.2) is 12.3 Å². The van der Waals surface area contributed by atoms with Crippen molar-refractivity contribution in [3.8, 4) is 0 Å². The van der Waals surface area contributed by atoms with Crippen LogP contribution in [0.4, 0.5) is 0 Å². The molecule has 116 valence electrons. The lowest BCUT2D eigenvalue weighted by atomic mass is 9.85. The molecule has 0 saturated carbocycles. The van der Waals surface area contributed by atoms with Crippen molar-refractivity contribution in [1.82, 2.24) is 14.5 Å². The lowest BCUT2D eigenvalue weighted by molar-refractivity contribution is 0.251. The van der Waals surface area contributed by atoms with Gasteiger partial charge in [-0.2, -0.15) is 0 Å². The van der Waals surface area contributed by atoms with Crippen molar-refractivity contribution in [2.45, 2.75) is 53.5 Å². The van der Waals surface area contributed by atoms with E-state index in [4.69, 9.17) is 16.6 Å². The molecule has 2 rings (SSSR count). The fourth-order valence-corrected chi connectivity index (χ4v) is 3.18. The van der Waals surface area contributed by atoms with Crippen molar-refractivity contribution >= 4 is 22.8 Å². The minimum absolute atomic E-state index is 0.112. The van der Waals surface area contributed by atoms with E-state index in [1.165, 1.54) is 0 Å². The Hall–Kier alpha value is -1.09. The monoisotopic (exact) mass is 307 g/mol. The maximum atomic E-state index is 6.35. The first-order chi connectivity index (χ1) is 9.81. The van der Waals surface area contributed by atoms with Gasteiger partial charge >= 0.3 is 0 Å². The number of hydrogen-bond donors (Lipinski definition) is 0. The van der Waals surface area contributed by atoms with Gasteiger partial charge in [0, 0.05) is 12.7 Å². The number of imidazole rings is 1. The third-order valence-electron chi connectivity index (χ3n) is 4.21. The Morgan fingerprint density at radius 2 is 1.76 bits per heavy atom. The Bertz CT molecular complexity index is 606. The van der Waals surface area contributed by atoms with Crippen LogP contribution < -0.4 is 0 Å². The van der Waals surface area contributed by atoms with Crippen LogP contribution in [0.1, 0.15) is 51.4 Å². The first kappa shape index (κ1) is 16.3. The summed E-state index contributed by atoms with van der Waals surface area (Å²) in [5.41, 5.74) is 3.03. The second-order valence-electron chi connectivity index (χ2n) is 6.70. The van der Waals surface area contributed by atoms with Crippen LogP contribution in [0, 0.1) is 24.7 Å². The SMILES string of the molecule is Cc1cnc2c(c1)nc(C(C)Cl)n2CC(C(C)C)C(C)C. The summed E-state index contributed by atoms with van der Waals surface area (Å²) in [7, 11) is 0. The summed E-state index contributed by atoms with van der Waals surface area (Å²) in [5, 5.41) is -0.112. The van der Waals surface area contributed by atoms with Crippen LogP contribution in [0.3, 0.4) is 0 Å². The second kappa shape index (κ2) is 6.35. The molecule has 0 saturated heterocycles. The number of nitrogens with zero attached hydrogens (tertiary/aromatic N) is 3. The van der Waals surface area contributed by atoms with Crippen LogP contribution in [-0.2, 0) is 6.54 Å².